The van der Waals surface area contributed by atoms with Crippen molar-refractivity contribution in [2.45, 2.75) is 19.5 Å². The van der Waals surface area contributed by atoms with Crippen molar-refractivity contribution in [2.75, 3.05) is 7.11 Å². The molecule has 0 aliphatic carbocycles. The van der Waals surface area contributed by atoms with Crippen molar-refractivity contribution >= 4 is 33.4 Å². The van der Waals surface area contributed by atoms with Crippen LogP contribution >= 0.6 is 15.9 Å². The second-order valence-corrected chi connectivity index (χ2v) is 8.34. The number of Topliss-reactive ketones (excluding diaryl/α,β-unsaturated/α-hetero) is 1. The highest BCUT2D eigenvalue weighted by Crippen LogP contribution is 2.40. The number of benzene rings is 2. The Morgan fingerprint density at radius 1 is 1.12 bits per heavy atom. The van der Waals surface area contributed by atoms with Gasteiger partial charge in [-0.15, -0.1) is 0 Å². The molecule has 3 aromatic rings. The number of nitrogens with zero attached hydrogens (tertiary/aromatic N) is 2. The van der Waals surface area contributed by atoms with Crippen molar-refractivity contribution in [3.8, 4) is 5.75 Å². The molecule has 6 nitrogen and oxygen atoms in total. The molecule has 7 heteroatoms. The minimum atomic E-state index is -0.758. The van der Waals surface area contributed by atoms with Crippen LogP contribution < -0.4 is 4.74 Å². The lowest BCUT2D eigenvalue weighted by molar-refractivity contribution is -0.140. The van der Waals surface area contributed by atoms with Crippen LogP contribution in [0.15, 0.2) is 76.9 Å². The summed E-state index contributed by atoms with van der Waals surface area (Å²) in [4.78, 5) is 31.9. The number of rotatable bonds is 5. The zero-order valence-corrected chi connectivity index (χ0v) is 19.2. The van der Waals surface area contributed by atoms with Gasteiger partial charge in [0, 0.05) is 16.2 Å². The number of amides is 1. The molecule has 1 N–H and O–H groups in total. The first-order valence-electron chi connectivity index (χ1n) is 9.99. The summed E-state index contributed by atoms with van der Waals surface area (Å²) in [5, 5.41) is 11.2. The fourth-order valence-electron chi connectivity index (χ4n) is 3.79. The number of carbonyl (C=O) groups is 2. The first kappa shape index (κ1) is 21.8. The number of aliphatic hydroxyl groups excluding tert-OH is 1. The summed E-state index contributed by atoms with van der Waals surface area (Å²) in [6, 6.07) is 17.0. The number of methoxy groups -OCH3 is 1. The van der Waals surface area contributed by atoms with Gasteiger partial charge in [0.25, 0.3) is 11.7 Å². The Labute approximate surface area is 194 Å². The number of carbonyl (C=O) groups excluding carboxylic acids is 2. The Bertz CT molecular complexity index is 1210. The van der Waals surface area contributed by atoms with Crippen LogP contribution in [0, 0.1) is 6.92 Å². The molecule has 1 atom stereocenters. The smallest absolute Gasteiger partial charge is 0.296 e. The molecule has 32 heavy (non-hydrogen) atoms. The molecule has 0 saturated carbocycles. The average Bonchev–Trinajstić information content (AvgIpc) is 3.06. The fraction of sp³-hybridized carbons (Fsp3) is 0.160. The number of aliphatic hydroxyl groups is 1. The van der Waals surface area contributed by atoms with Crippen LogP contribution in [-0.2, 0) is 16.1 Å². The highest BCUT2D eigenvalue weighted by molar-refractivity contribution is 9.10. The topological polar surface area (TPSA) is 79.7 Å². The predicted octanol–water partition coefficient (Wildman–Crippen LogP) is 4.78. The maximum atomic E-state index is 13.1. The first-order chi connectivity index (χ1) is 15.4. The number of ether oxygens (including phenoxy) is 1. The lowest BCUT2D eigenvalue weighted by atomic mass is 9.94. The lowest BCUT2D eigenvalue weighted by Gasteiger charge is -2.25. The van der Waals surface area contributed by atoms with E-state index in [9.17, 15) is 14.7 Å². The number of hydrogen-bond acceptors (Lipinski definition) is 5. The third-order valence-electron chi connectivity index (χ3n) is 5.46. The molecule has 4 rings (SSSR count). The van der Waals surface area contributed by atoms with Gasteiger partial charge in [-0.25, -0.2) is 0 Å². The highest BCUT2D eigenvalue weighted by Gasteiger charge is 2.46. The number of pyridine rings is 1. The first-order valence-corrected chi connectivity index (χ1v) is 10.8. The van der Waals surface area contributed by atoms with Crippen LogP contribution in [0.1, 0.15) is 28.4 Å². The van der Waals surface area contributed by atoms with Crippen LogP contribution in [0.5, 0.6) is 5.75 Å². The van der Waals surface area contributed by atoms with Crippen LogP contribution in [0.4, 0.5) is 0 Å². The largest absolute Gasteiger partial charge is 0.507 e. The summed E-state index contributed by atoms with van der Waals surface area (Å²) in [6.45, 7) is 2.03. The number of halogens is 1. The zero-order valence-electron chi connectivity index (χ0n) is 17.6. The summed E-state index contributed by atoms with van der Waals surface area (Å²) < 4.78 is 6.13. The third-order valence-corrected chi connectivity index (χ3v) is 6.35. The number of hydrogen-bond donors (Lipinski definition) is 1. The van der Waals surface area contributed by atoms with Gasteiger partial charge in [-0.2, -0.15) is 0 Å². The highest BCUT2D eigenvalue weighted by atomic mass is 79.9. The predicted molar refractivity (Wildman–Crippen MR) is 124 cm³/mol. The Hall–Kier alpha value is -3.45. The van der Waals surface area contributed by atoms with E-state index in [0.717, 1.165) is 10.0 Å². The van der Waals surface area contributed by atoms with E-state index in [1.54, 1.807) is 67.9 Å². The minimum absolute atomic E-state index is 0.0535. The fourth-order valence-corrected chi connectivity index (χ4v) is 4.04. The van der Waals surface area contributed by atoms with Gasteiger partial charge >= 0.3 is 0 Å². The Balaban J connectivity index is 1.86. The van der Waals surface area contributed by atoms with Crippen LogP contribution in [-0.4, -0.2) is 33.8 Å². The second-order valence-electron chi connectivity index (χ2n) is 7.49. The van der Waals surface area contributed by atoms with E-state index < -0.39 is 17.7 Å². The van der Waals surface area contributed by atoms with Gasteiger partial charge in [-0.1, -0.05) is 40.2 Å². The van der Waals surface area contributed by atoms with Crippen molar-refractivity contribution in [1.82, 2.24) is 9.88 Å². The second kappa shape index (κ2) is 8.96. The molecule has 1 aromatic heterocycles. The van der Waals surface area contributed by atoms with Crippen molar-refractivity contribution in [3.63, 3.8) is 0 Å². The van der Waals surface area contributed by atoms with Crippen LogP contribution in [0.25, 0.3) is 5.76 Å². The third kappa shape index (κ3) is 4.03. The molecule has 162 valence electrons. The number of aryl methyl sites for hydroxylation is 1. The van der Waals surface area contributed by atoms with E-state index >= 15 is 0 Å². The molecule has 0 radical (unpaired) electrons. The molecule has 2 heterocycles. The molecule has 1 saturated heterocycles. The van der Waals surface area contributed by atoms with Crippen molar-refractivity contribution in [1.29, 1.82) is 0 Å². The van der Waals surface area contributed by atoms with Crippen LogP contribution in [0.3, 0.4) is 0 Å². The molecule has 0 spiro atoms. The van der Waals surface area contributed by atoms with E-state index in [2.05, 4.69) is 20.9 Å². The van der Waals surface area contributed by atoms with Gasteiger partial charge in [0.1, 0.15) is 11.5 Å². The zero-order chi connectivity index (χ0) is 22.8. The van der Waals surface area contributed by atoms with Gasteiger partial charge in [-0.3, -0.25) is 14.6 Å². The molecule has 1 fully saturated rings. The summed E-state index contributed by atoms with van der Waals surface area (Å²) in [5.41, 5.74) is 2.76. The number of aromatic nitrogens is 1. The Morgan fingerprint density at radius 3 is 2.50 bits per heavy atom. The SMILES string of the molecule is COc1ccc(C2/C(=C(/O)c3ccc(Br)c(C)c3)C(=O)C(=O)N2Cc2ccccn2)cc1. The normalized spacial score (nSPS) is 17.6. The quantitative estimate of drug-likeness (QED) is 0.314. The molecule has 1 aliphatic heterocycles. The van der Waals surface area contributed by atoms with Gasteiger partial charge in [-0.05, 0) is 54.4 Å². The van der Waals surface area contributed by atoms with Crippen LogP contribution in [0.2, 0.25) is 0 Å². The molecule has 0 bridgehead atoms. The van der Waals surface area contributed by atoms with Gasteiger partial charge in [0.05, 0.1) is 31.0 Å². The summed E-state index contributed by atoms with van der Waals surface area (Å²) in [5.74, 6) is -0.950. The van der Waals surface area contributed by atoms with Crippen molar-refractivity contribution in [2.24, 2.45) is 0 Å². The van der Waals surface area contributed by atoms with Crippen molar-refractivity contribution in [3.05, 3.63) is 99.3 Å². The molecular formula is C25H21BrN2O4. The van der Waals surface area contributed by atoms with E-state index in [4.69, 9.17) is 4.74 Å². The Kier molecular flexibility index (Phi) is 6.10. The Morgan fingerprint density at radius 2 is 1.88 bits per heavy atom. The summed E-state index contributed by atoms with van der Waals surface area (Å²) in [6.07, 6.45) is 1.64. The summed E-state index contributed by atoms with van der Waals surface area (Å²) >= 11 is 3.45. The average molecular weight is 493 g/mol. The van der Waals surface area contributed by atoms with E-state index in [-0.39, 0.29) is 17.9 Å². The molecule has 1 aliphatic rings. The standard InChI is InChI=1S/C25H21BrN2O4/c1-15-13-17(8-11-20(15)26)23(29)21-22(16-6-9-19(32-2)10-7-16)28(25(31)24(21)30)14-18-5-3-4-12-27-18/h3-13,22,29H,14H2,1-2H3/b23-21-. The van der Waals surface area contributed by atoms with Crippen molar-refractivity contribution < 1.29 is 19.4 Å². The molecule has 1 unspecified atom stereocenters. The van der Waals surface area contributed by atoms with E-state index in [1.807, 2.05) is 13.0 Å². The maximum Gasteiger partial charge on any atom is 0.296 e. The van der Waals surface area contributed by atoms with E-state index in [1.165, 1.54) is 4.90 Å². The monoisotopic (exact) mass is 492 g/mol. The molecular weight excluding hydrogens is 472 g/mol. The van der Waals surface area contributed by atoms with Gasteiger partial charge in [0.2, 0.25) is 0 Å². The lowest BCUT2D eigenvalue weighted by Crippen LogP contribution is -2.29. The summed E-state index contributed by atoms with van der Waals surface area (Å²) in [7, 11) is 1.57. The maximum absolute atomic E-state index is 13.1. The number of likely N-dealkylation sites (tertiary alicyclic amines) is 1. The van der Waals surface area contributed by atoms with Gasteiger partial charge in [0.15, 0.2) is 0 Å². The van der Waals surface area contributed by atoms with Gasteiger partial charge < -0.3 is 14.7 Å². The minimum Gasteiger partial charge on any atom is -0.507 e. The molecule has 1 amide bonds. The van der Waals surface area contributed by atoms with E-state index in [0.29, 0.717) is 22.6 Å². The molecule has 2 aromatic carbocycles. The number of ketones is 1.